The molecule has 0 fully saturated rings. The molecule has 0 aliphatic carbocycles. The van der Waals surface area contributed by atoms with Gasteiger partial charge in [-0.05, 0) is 0 Å². The van der Waals surface area contributed by atoms with E-state index in [1.54, 1.807) is 0 Å². The molecule has 2 N–H and O–H groups in total. The molecular weight excluding hydrogens is 97.9 g/mol. The topological polar surface area (TPSA) is 55.3 Å². The van der Waals surface area contributed by atoms with Gasteiger partial charge in [0.15, 0.2) is 0 Å². The van der Waals surface area contributed by atoms with Gasteiger partial charge in [-0.15, -0.1) is 0 Å². The first-order valence-corrected chi connectivity index (χ1v) is 0.224. The van der Waals surface area contributed by atoms with Crippen molar-refractivity contribution in [2.24, 2.45) is 0 Å². The summed E-state index contributed by atoms with van der Waals surface area (Å²) in [5.41, 5.74) is 0. The molecule has 2 nitrogen and oxygen atoms in total. The van der Waals surface area contributed by atoms with Crippen molar-refractivity contribution < 1.29 is 22.5 Å². The fourth-order valence-corrected chi connectivity index (χ4v) is 0. The average molecular weight is 99.9 g/mol. The predicted molar refractivity (Wildman–Crippen MR) is 8.58 cm³/mol. The van der Waals surface area contributed by atoms with Crippen LogP contribution in [0, 0.1) is 11.8 Å². The minimum absolute atomic E-state index is 0. The third kappa shape index (κ3) is 1990. The van der Waals surface area contributed by atoms with Crippen molar-refractivity contribution in [3.63, 3.8) is 0 Å². The molecule has 0 spiro atoms. The van der Waals surface area contributed by atoms with E-state index in [1.165, 1.54) is 0 Å². The van der Waals surface area contributed by atoms with Crippen LogP contribution in [0.15, 0.2) is 0 Å². The smallest absolute Gasteiger partial charge is 0 e. The van der Waals surface area contributed by atoms with Crippen LogP contribution in [0.25, 0.3) is 0 Å². The van der Waals surface area contributed by atoms with Gasteiger partial charge in [0, 0.05) is 17.1 Å². The Morgan fingerprint density at radius 2 is 1.25 bits per heavy atom. The zero-order chi connectivity index (χ0) is 2.00. The molecular formula is CH2FeNO-. The van der Waals surface area contributed by atoms with Crippen LogP contribution >= 0.6 is 0 Å². The second kappa shape index (κ2) is 12400. The second-order valence-corrected chi connectivity index (χ2v) is 0. The minimum Gasteiger partial charge on any atom is -0.512 e. The van der Waals surface area contributed by atoms with Gasteiger partial charge in [-0.25, -0.2) is 0 Å². The summed E-state index contributed by atoms with van der Waals surface area (Å²) in [5.74, 6) is 0. The summed E-state index contributed by atoms with van der Waals surface area (Å²) in [6.45, 7) is 4.75. The predicted octanol–water partition coefficient (Wildman–Crippen LogP) is -0.731. The molecule has 0 aromatic carbocycles. The van der Waals surface area contributed by atoms with E-state index in [-0.39, 0.29) is 22.5 Å². The zero-order valence-electron chi connectivity index (χ0n) is 1.80. The Morgan fingerprint density at radius 1 is 1.25 bits per heavy atom. The molecule has 0 saturated heterocycles. The Labute approximate surface area is 35.2 Å². The molecule has 0 radical (unpaired) electrons. The van der Waals surface area contributed by atoms with Gasteiger partial charge in [0.1, 0.15) is 0 Å². The largest absolute Gasteiger partial charge is 0.512 e. The van der Waals surface area contributed by atoms with Crippen molar-refractivity contribution in [3.8, 4) is 0 Å². The first kappa shape index (κ1) is 37.2. The number of nitrogens with zero attached hydrogens (tertiary/aromatic N) is 1. The van der Waals surface area contributed by atoms with Crippen LogP contribution in [-0.4, -0.2) is 5.48 Å². The minimum atomic E-state index is 0. The van der Waals surface area contributed by atoms with Gasteiger partial charge in [-0.3, -0.25) is 0 Å². The van der Waals surface area contributed by atoms with E-state index >= 15 is 0 Å². The van der Waals surface area contributed by atoms with E-state index < -0.39 is 0 Å². The molecule has 0 amide bonds. The van der Waals surface area contributed by atoms with Crippen molar-refractivity contribution in [2.75, 3.05) is 0 Å². The van der Waals surface area contributed by atoms with Crippen LogP contribution in [-0.2, 0) is 17.1 Å². The monoisotopic (exact) mass is 99.9 g/mol. The van der Waals surface area contributed by atoms with E-state index in [9.17, 15) is 0 Å². The molecule has 0 heterocycles. The van der Waals surface area contributed by atoms with Crippen LogP contribution in [0.5, 0.6) is 0 Å². The van der Waals surface area contributed by atoms with Crippen molar-refractivity contribution in [1.82, 2.24) is 0 Å². The Balaban J connectivity index is -0.00000000500. The average Bonchev–Trinajstić information content (AvgIpc) is 1.00. The summed E-state index contributed by atoms with van der Waals surface area (Å²) >= 11 is 0. The van der Waals surface area contributed by atoms with E-state index in [2.05, 4.69) is 0 Å². The van der Waals surface area contributed by atoms with E-state index in [4.69, 9.17) is 11.8 Å². The standard InChI is InChI=1S/CN.Fe.H2O/c1-2;;/h;;1H2/q-1;;. The molecule has 0 aliphatic rings. The number of hydrogen-bond acceptors (Lipinski definition) is 1. The maximum absolute atomic E-state index is 6.25. The van der Waals surface area contributed by atoms with Crippen LogP contribution in [0.4, 0.5) is 0 Å². The summed E-state index contributed by atoms with van der Waals surface area (Å²) in [6.07, 6.45) is 0. The number of rotatable bonds is 0. The van der Waals surface area contributed by atoms with Crippen molar-refractivity contribution in [3.05, 3.63) is 6.57 Å². The van der Waals surface area contributed by atoms with E-state index in [0.29, 0.717) is 0 Å². The summed E-state index contributed by atoms with van der Waals surface area (Å²) in [4.78, 5) is 0. The molecule has 0 aromatic rings. The first-order valence-electron chi connectivity index (χ1n) is 0.224. The molecule has 3 heteroatoms. The fraction of sp³-hybridized carbons (Fsp3) is 0. The summed E-state index contributed by atoms with van der Waals surface area (Å²) in [7, 11) is 0. The molecule has 0 aromatic heterocycles. The van der Waals surface area contributed by atoms with E-state index in [1.807, 2.05) is 0 Å². The van der Waals surface area contributed by atoms with Crippen LogP contribution in [0.2, 0.25) is 0 Å². The summed E-state index contributed by atoms with van der Waals surface area (Å²) in [6, 6.07) is 0. The normalized spacial score (nSPS) is 0.500. The maximum Gasteiger partial charge on any atom is 0 e. The van der Waals surface area contributed by atoms with Crippen LogP contribution < -0.4 is 0 Å². The Kier molecular flexibility index (Phi) is 115000. The Morgan fingerprint density at radius 3 is 1.25 bits per heavy atom. The summed E-state index contributed by atoms with van der Waals surface area (Å²) in [5, 5.41) is 6.25. The van der Waals surface area contributed by atoms with Gasteiger partial charge in [-0.2, -0.15) is 0 Å². The molecule has 0 unspecified atom stereocenters. The summed E-state index contributed by atoms with van der Waals surface area (Å²) < 4.78 is 0. The van der Waals surface area contributed by atoms with Crippen LogP contribution in [0.1, 0.15) is 0 Å². The van der Waals surface area contributed by atoms with Gasteiger partial charge in [0.2, 0.25) is 0 Å². The van der Waals surface area contributed by atoms with Gasteiger partial charge < -0.3 is 17.3 Å². The number of hydrogen-bond donors (Lipinski definition) is 0. The molecule has 0 saturated carbocycles. The zero-order valence-corrected chi connectivity index (χ0v) is 2.90. The molecule has 26 valence electrons. The molecule has 0 bridgehead atoms. The maximum atomic E-state index is 6.25. The third-order valence-corrected chi connectivity index (χ3v) is 0. The Hall–Kier alpha value is -0.0305. The second-order valence-electron chi connectivity index (χ2n) is 0. The molecule has 0 atom stereocenters. The van der Waals surface area contributed by atoms with Gasteiger partial charge >= 0.3 is 0 Å². The fourth-order valence-electron chi connectivity index (χ4n) is 0. The van der Waals surface area contributed by atoms with E-state index in [0.717, 1.165) is 0 Å². The molecule has 4 heavy (non-hydrogen) atoms. The van der Waals surface area contributed by atoms with Crippen molar-refractivity contribution >= 4 is 0 Å². The SMILES string of the molecule is O.[C-]#N.[Fe]. The van der Waals surface area contributed by atoms with Crippen molar-refractivity contribution in [2.45, 2.75) is 0 Å². The van der Waals surface area contributed by atoms with Gasteiger partial charge in [0.25, 0.3) is 0 Å². The quantitative estimate of drug-likeness (QED) is 0.292. The van der Waals surface area contributed by atoms with Crippen LogP contribution in [0.3, 0.4) is 0 Å². The Bertz CT molecular complexity index is 12.8. The van der Waals surface area contributed by atoms with Gasteiger partial charge in [-0.1, -0.05) is 0 Å². The third-order valence-electron chi connectivity index (χ3n) is 0. The van der Waals surface area contributed by atoms with Crippen molar-refractivity contribution in [1.29, 1.82) is 5.26 Å². The van der Waals surface area contributed by atoms with Gasteiger partial charge in [0.05, 0.1) is 0 Å². The molecule has 0 rings (SSSR count). The molecule has 0 aliphatic heterocycles. The first-order chi connectivity index (χ1) is 1.00.